The summed E-state index contributed by atoms with van der Waals surface area (Å²) < 4.78 is 151. The van der Waals surface area contributed by atoms with Crippen LogP contribution in [-0.4, -0.2) is 0 Å². The fourth-order valence-corrected chi connectivity index (χ4v) is 7.20. The van der Waals surface area contributed by atoms with E-state index < -0.39 is 54.4 Å². The highest BCUT2D eigenvalue weighted by Gasteiger charge is 2.14. The van der Waals surface area contributed by atoms with Crippen molar-refractivity contribution >= 4 is 64.6 Å². The molecule has 0 radical (unpaired) electrons. The Kier molecular flexibility index (Phi) is 3.32. The van der Waals surface area contributed by atoms with Crippen molar-refractivity contribution in [3.05, 3.63) is 182 Å². The molecule has 0 spiro atoms. The number of hydrogen-bond acceptors (Lipinski definition) is 0. The first-order chi connectivity index (χ1) is 31.9. The third-order valence-electron chi connectivity index (χ3n) is 9.56. The summed E-state index contributed by atoms with van der Waals surface area (Å²) in [6, 6.07) is 17.0. The molecular formula is C50H30. The van der Waals surface area contributed by atoms with Crippen molar-refractivity contribution in [2.45, 2.75) is 0 Å². The summed E-state index contributed by atoms with van der Waals surface area (Å²) in [4.78, 5) is 0. The normalized spacial score (nSPS) is 16.8. The lowest BCUT2D eigenvalue weighted by Crippen LogP contribution is -1.88. The van der Waals surface area contributed by atoms with Gasteiger partial charge in [-0.3, -0.25) is 0 Å². The van der Waals surface area contributed by atoms with Gasteiger partial charge in [0.1, 0.15) is 0 Å². The minimum absolute atomic E-state index is 0.0440. The summed E-state index contributed by atoms with van der Waals surface area (Å²) in [5.74, 6) is 0. The second kappa shape index (κ2) is 10.5. The quantitative estimate of drug-likeness (QED) is 0.167. The average molecular weight is 648 g/mol. The Hall–Kier alpha value is -6.50. The number of benzene rings is 11. The van der Waals surface area contributed by atoms with Crippen LogP contribution < -0.4 is 0 Å². The first-order valence-electron chi connectivity index (χ1n) is 24.5. The SMILES string of the molecule is [2H]c1cc2c([2H])c([2H])c3c([2H])c([2H])c([2H])c4c([2H])c([2H])c(c1-c1cccc(-c5ccc(-c6cccc(-c7c([2H])c([2H])c8c([2H])c([2H])c9c([2H])c([2H])c([2H])c%10c([2H])c([2H])c7c8c9%10)c6)cc5)c1)c2c34. The van der Waals surface area contributed by atoms with E-state index in [0.29, 0.717) is 27.6 Å². The summed E-state index contributed by atoms with van der Waals surface area (Å²) >= 11 is 0. The molecule has 0 aliphatic heterocycles. The van der Waals surface area contributed by atoms with Crippen molar-refractivity contribution in [1.29, 1.82) is 0 Å². The second-order valence-electron chi connectivity index (χ2n) is 12.3. The predicted molar refractivity (Wildman–Crippen MR) is 216 cm³/mol. The van der Waals surface area contributed by atoms with E-state index in [4.69, 9.17) is 17.8 Å². The van der Waals surface area contributed by atoms with Gasteiger partial charge in [-0.25, -0.2) is 0 Å². The van der Waals surface area contributed by atoms with Crippen LogP contribution in [0.15, 0.2) is 182 Å². The van der Waals surface area contributed by atoms with Gasteiger partial charge in [0.2, 0.25) is 0 Å². The molecule has 11 aromatic carbocycles. The maximum atomic E-state index is 9.21. The van der Waals surface area contributed by atoms with E-state index in [1.807, 2.05) is 42.5 Å². The molecule has 0 saturated heterocycles. The molecule has 0 bridgehead atoms. The van der Waals surface area contributed by atoms with E-state index in [1.54, 1.807) is 30.3 Å². The minimum Gasteiger partial charge on any atom is -0.0610 e. The lowest BCUT2D eigenvalue weighted by atomic mass is 9.89. The fourth-order valence-electron chi connectivity index (χ4n) is 7.20. The zero-order valence-electron chi connectivity index (χ0n) is 43.0. The van der Waals surface area contributed by atoms with Crippen molar-refractivity contribution in [3.8, 4) is 44.5 Å². The lowest BCUT2D eigenvalue weighted by Gasteiger charge is -2.15. The van der Waals surface area contributed by atoms with E-state index in [2.05, 4.69) is 0 Å². The largest absolute Gasteiger partial charge is 0.0630 e. The smallest absolute Gasteiger partial charge is 0.0610 e. The van der Waals surface area contributed by atoms with Gasteiger partial charge in [-0.05, 0) is 121 Å². The summed E-state index contributed by atoms with van der Waals surface area (Å²) in [6.45, 7) is 0. The standard InChI is InChI=1S/C50H30/c1-5-33-17-19-37-21-25-43(45-27-23-35(7-1)47(33)49(37)45)41-11-3-9-39(29-41)31-13-15-32(16-14-31)40-10-4-12-42(30-40)44-26-22-38-20-18-34-6-2-8-36-24-28-46(44)50(38)48(34)36/h1-30H/i1D,2D,5D,6D,7D,8D,17D,18D,19D,20D,21D,23D,24D,25D,26D,27D,28D. The van der Waals surface area contributed by atoms with Crippen molar-refractivity contribution in [3.63, 3.8) is 0 Å². The number of hydrogen-bond donors (Lipinski definition) is 0. The molecule has 0 heteroatoms. The molecule has 0 saturated carbocycles. The van der Waals surface area contributed by atoms with Crippen LogP contribution in [0.25, 0.3) is 109 Å². The Labute approximate surface area is 314 Å². The van der Waals surface area contributed by atoms with Crippen molar-refractivity contribution in [2.75, 3.05) is 0 Å². The van der Waals surface area contributed by atoms with Crippen molar-refractivity contribution in [2.24, 2.45) is 0 Å². The van der Waals surface area contributed by atoms with Crippen LogP contribution in [0.5, 0.6) is 0 Å². The maximum absolute atomic E-state index is 9.21. The zero-order valence-corrected chi connectivity index (χ0v) is 26.0. The third-order valence-corrected chi connectivity index (χ3v) is 9.56. The second-order valence-corrected chi connectivity index (χ2v) is 12.3. The van der Waals surface area contributed by atoms with Gasteiger partial charge in [0.25, 0.3) is 0 Å². The summed E-state index contributed by atoms with van der Waals surface area (Å²) in [7, 11) is 0. The van der Waals surface area contributed by atoms with Gasteiger partial charge in [-0.2, -0.15) is 0 Å². The van der Waals surface area contributed by atoms with Gasteiger partial charge in [0.15, 0.2) is 0 Å². The van der Waals surface area contributed by atoms with Crippen LogP contribution in [0.1, 0.15) is 23.3 Å². The average Bonchev–Trinajstić information content (AvgIpc) is 3.32. The fraction of sp³-hybridized carbons (Fsp3) is 0. The van der Waals surface area contributed by atoms with E-state index in [9.17, 15) is 5.48 Å². The molecule has 0 N–H and O–H groups in total. The van der Waals surface area contributed by atoms with E-state index in [0.717, 1.165) is 16.7 Å². The Morgan fingerprint density at radius 1 is 0.280 bits per heavy atom. The predicted octanol–water partition coefficient (Wildman–Crippen LogP) is 14.1. The van der Waals surface area contributed by atoms with Crippen LogP contribution in [0.3, 0.4) is 0 Å². The summed E-state index contributed by atoms with van der Waals surface area (Å²) in [6.07, 6.45) is 0. The monoisotopic (exact) mass is 647 g/mol. The lowest BCUT2D eigenvalue weighted by molar-refractivity contribution is 1.58. The molecule has 0 nitrogen and oxygen atoms in total. The maximum Gasteiger partial charge on any atom is 0.0630 e. The highest BCUT2D eigenvalue weighted by molar-refractivity contribution is 6.26. The number of rotatable bonds is 4. The van der Waals surface area contributed by atoms with Crippen molar-refractivity contribution in [1.82, 2.24) is 0 Å². The van der Waals surface area contributed by atoms with Crippen LogP contribution in [0, 0.1) is 0 Å². The molecule has 11 aromatic rings. The molecule has 0 amide bonds. The van der Waals surface area contributed by atoms with E-state index >= 15 is 0 Å². The first kappa shape index (κ1) is 15.8. The van der Waals surface area contributed by atoms with Gasteiger partial charge in [-0.15, -0.1) is 0 Å². The molecule has 11 rings (SSSR count). The minimum atomic E-state index is -0.533. The topological polar surface area (TPSA) is 0 Å². The molecule has 0 heterocycles. The molecule has 0 atom stereocenters. The highest BCUT2D eigenvalue weighted by Crippen LogP contribution is 2.42. The van der Waals surface area contributed by atoms with Crippen molar-refractivity contribution < 1.29 is 23.3 Å². The highest BCUT2D eigenvalue weighted by atomic mass is 14.2. The summed E-state index contributed by atoms with van der Waals surface area (Å²) in [5, 5.41) is 0.742. The third kappa shape index (κ3) is 4.06. The molecule has 0 fully saturated rings. The molecule has 50 heavy (non-hydrogen) atoms. The molecule has 0 aliphatic rings. The van der Waals surface area contributed by atoms with E-state index in [-0.39, 0.29) is 113 Å². The first-order valence-corrected chi connectivity index (χ1v) is 16.0. The Morgan fingerprint density at radius 3 is 1.22 bits per heavy atom. The molecule has 0 aromatic heterocycles. The van der Waals surface area contributed by atoms with Crippen LogP contribution in [0.2, 0.25) is 0 Å². The van der Waals surface area contributed by atoms with Gasteiger partial charge in [-0.1, -0.05) is 169 Å². The van der Waals surface area contributed by atoms with Crippen LogP contribution in [0.4, 0.5) is 0 Å². The summed E-state index contributed by atoms with van der Waals surface area (Å²) in [5.41, 5.74) is 4.42. The Balaban J connectivity index is 1.04. The van der Waals surface area contributed by atoms with E-state index in [1.165, 1.54) is 6.07 Å². The van der Waals surface area contributed by atoms with Gasteiger partial charge in [0.05, 0.1) is 23.3 Å². The van der Waals surface area contributed by atoms with Gasteiger partial charge in [0, 0.05) is 0 Å². The Bertz CT molecular complexity index is 4000. The van der Waals surface area contributed by atoms with Crippen LogP contribution >= 0.6 is 0 Å². The molecule has 0 unspecified atom stereocenters. The van der Waals surface area contributed by atoms with Crippen LogP contribution in [-0.2, 0) is 0 Å². The molecule has 230 valence electrons. The Morgan fingerprint density at radius 2 is 0.680 bits per heavy atom. The molecular weight excluding hydrogens is 601 g/mol. The van der Waals surface area contributed by atoms with Gasteiger partial charge >= 0.3 is 0 Å². The molecule has 0 aliphatic carbocycles. The zero-order chi connectivity index (χ0) is 47.6. The van der Waals surface area contributed by atoms with Gasteiger partial charge < -0.3 is 0 Å².